The second-order valence-corrected chi connectivity index (χ2v) is 5.57. The van der Waals surface area contributed by atoms with Crippen molar-refractivity contribution in [3.8, 4) is 11.8 Å². The molecule has 86 valence electrons. The molecule has 0 saturated heterocycles. The molecular weight excluding hydrogens is 377 g/mol. The Morgan fingerprint density at radius 2 is 2.25 bits per heavy atom. The van der Waals surface area contributed by atoms with E-state index in [1.165, 1.54) is 9.13 Å². The zero-order valence-corrected chi connectivity index (χ0v) is 13.2. The molecule has 0 amide bonds. The molecule has 0 heterocycles. The van der Waals surface area contributed by atoms with Crippen molar-refractivity contribution in [1.29, 1.82) is 0 Å². The van der Waals surface area contributed by atoms with Crippen LogP contribution in [0, 0.1) is 15.4 Å². The quantitative estimate of drug-likeness (QED) is 0.601. The molecule has 1 atom stereocenters. The molecule has 0 spiro atoms. The van der Waals surface area contributed by atoms with E-state index in [0.29, 0.717) is 6.04 Å². The Bertz CT molecular complexity index is 406. The van der Waals surface area contributed by atoms with Crippen LogP contribution < -0.4 is 5.32 Å². The van der Waals surface area contributed by atoms with Gasteiger partial charge in [0.05, 0.1) is 0 Å². The maximum Gasteiger partial charge on any atom is 0.0338 e. The predicted molar refractivity (Wildman–Crippen MR) is 81.3 cm³/mol. The van der Waals surface area contributed by atoms with E-state index in [0.717, 1.165) is 17.3 Å². The van der Waals surface area contributed by atoms with Gasteiger partial charge in [-0.3, -0.25) is 0 Å². The summed E-state index contributed by atoms with van der Waals surface area (Å²) in [6.07, 6.45) is 1.97. The highest BCUT2D eigenvalue weighted by Crippen LogP contribution is 2.27. The maximum atomic E-state index is 3.60. The highest BCUT2D eigenvalue weighted by Gasteiger charge is 2.12. The summed E-state index contributed by atoms with van der Waals surface area (Å²) in [6, 6.07) is 6.79. The molecule has 1 nitrogen and oxygen atoms in total. The van der Waals surface area contributed by atoms with Crippen molar-refractivity contribution in [3.63, 3.8) is 0 Å². The fraction of sp³-hybridized carbons (Fsp3) is 0.385. The van der Waals surface area contributed by atoms with Gasteiger partial charge in [0.15, 0.2) is 0 Å². The molecule has 0 bridgehead atoms. The Morgan fingerprint density at radius 1 is 1.50 bits per heavy atom. The zero-order valence-electron chi connectivity index (χ0n) is 9.48. The van der Waals surface area contributed by atoms with Crippen LogP contribution in [0.25, 0.3) is 0 Å². The van der Waals surface area contributed by atoms with Crippen molar-refractivity contribution in [3.05, 3.63) is 31.8 Å². The summed E-state index contributed by atoms with van der Waals surface area (Å²) in [7, 11) is 2.00. The largest absolute Gasteiger partial charge is 0.313 e. The van der Waals surface area contributed by atoms with Crippen LogP contribution >= 0.6 is 38.5 Å². The topological polar surface area (TPSA) is 12.0 Å². The van der Waals surface area contributed by atoms with Crippen molar-refractivity contribution < 1.29 is 0 Å². The monoisotopic (exact) mass is 391 g/mol. The molecule has 16 heavy (non-hydrogen) atoms. The van der Waals surface area contributed by atoms with Gasteiger partial charge in [0.2, 0.25) is 0 Å². The van der Waals surface area contributed by atoms with E-state index in [1.807, 2.05) is 14.0 Å². The van der Waals surface area contributed by atoms with E-state index in [-0.39, 0.29) is 0 Å². The van der Waals surface area contributed by atoms with Crippen LogP contribution in [0.3, 0.4) is 0 Å². The molecule has 1 N–H and O–H groups in total. The number of hydrogen-bond donors (Lipinski definition) is 1. The van der Waals surface area contributed by atoms with Crippen LogP contribution in [0.15, 0.2) is 22.7 Å². The number of hydrogen-bond acceptors (Lipinski definition) is 1. The Kier molecular flexibility index (Phi) is 6.40. The Labute approximate surface area is 120 Å². The zero-order chi connectivity index (χ0) is 12.0. The molecule has 0 radical (unpaired) electrons. The highest BCUT2D eigenvalue weighted by atomic mass is 127. The van der Waals surface area contributed by atoms with Gasteiger partial charge in [-0.05, 0) is 66.7 Å². The van der Waals surface area contributed by atoms with Gasteiger partial charge in [-0.2, -0.15) is 0 Å². The van der Waals surface area contributed by atoms with E-state index in [4.69, 9.17) is 0 Å². The molecule has 1 aromatic rings. The van der Waals surface area contributed by atoms with Crippen molar-refractivity contribution in [1.82, 2.24) is 5.32 Å². The highest BCUT2D eigenvalue weighted by molar-refractivity contribution is 14.1. The first-order valence-electron chi connectivity index (χ1n) is 5.21. The Balaban J connectivity index is 2.84. The lowest BCUT2D eigenvalue weighted by atomic mass is 10.0. The fourth-order valence-corrected chi connectivity index (χ4v) is 2.62. The van der Waals surface area contributed by atoms with E-state index >= 15 is 0 Å². The molecule has 0 aliphatic rings. The lowest BCUT2D eigenvalue weighted by molar-refractivity contribution is 0.556. The molecule has 0 saturated carbocycles. The third-order valence-corrected chi connectivity index (χ3v) is 3.81. The lowest BCUT2D eigenvalue weighted by Crippen LogP contribution is -2.16. The molecule has 3 heteroatoms. The van der Waals surface area contributed by atoms with E-state index < -0.39 is 0 Å². The minimum atomic E-state index is 0.366. The van der Waals surface area contributed by atoms with Gasteiger partial charge in [-0.15, -0.1) is 11.8 Å². The minimum absolute atomic E-state index is 0.366. The average Bonchev–Trinajstić information content (AvgIpc) is 2.28. The first kappa shape index (κ1) is 14.0. The second kappa shape index (κ2) is 7.31. The Hall–Kier alpha value is -0.0500. The van der Waals surface area contributed by atoms with Gasteiger partial charge in [-0.25, -0.2) is 0 Å². The molecule has 0 aromatic heterocycles. The molecule has 0 fully saturated rings. The van der Waals surface area contributed by atoms with Gasteiger partial charge in [0, 0.05) is 20.5 Å². The summed E-state index contributed by atoms with van der Waals surface area (Å²) in [6.45, 7) is 1.88. The number of benzene rings is 1. The summed E-state index contributed by atoms with van der Waals surface area (Å²) >= 11 is 5.94. The van der Waals surface area contributed by atoms with Gasteiger partial charge in [0.25, 0.3) is 0 Å². The normalized spacial score (nSPS) is 11.8. The average molecular weight is 392 g/mol. The second-order valence-electron chi connectivity index (χ2n) is 3.47. The third kappa shape index (κ3) is 4.08. The molecular formula is C13H15BrIN. The minimum Gasteiger partial charge on any atom is -0.313 e. The number of rotatable bonds is 4. The summed E-state index contributed by atoms with van der Waals surface area (Å²) in [5, 5.41) is 3.34. The molecule has 1 aromatic carbocycles. The molecule has 1 rings (SSSR count). The van der Waals surface area contributed by atoms with Crippen molar-refractivity contribution in [2.75, 3.05) is 7.05 Å². The van der Waals surface area contributed by atoms with Crippen molar-refractivity contribution >= 4 is 38.5 Å². The first-order valence-corrected chi connectivity index (χ1v) is 7.08. The lowest BCUT2D eigenvalue weighted by Gasteiger charge is -2.17. The SMILES string of the molecule is CC#CCCC(NC)c1cc(I)ccc1Br. The summed E-state index contributed by atoms with van der Waals surface area (Å²) in [4.78, 5) is 0. The number of nitrogens with one attached hydrogen (secondary N) is 1. The summed E-state index contributed by atoms with van der Waals surface area (Å²) < 4.78 is 2.43. The number of halogens is 2. The van der Waals surface area contributed by atoms with Crippen LogP contribution in [0.2, 0.25) is 0 Å². The van der Waals surface area contributed by atoms with Gasteiger partial charge in [-0.1, -0.05) is 15.9 Å². The predicted octanol–water partition coefficient (Wildman–Crippen LogP) is 4.12. The smallest absolute Gasteiger partial charge is 0.0338 e. The maximum absolute atomic E-state index is 3.60. The van der Waals surface area contributed by atoms with Crippen LogP contribution in [0.4, 0.5) is 0 Å². The van der Waals surface area contributed by atoms with E-state index in [2.05, 4.69) is 73.9 Å². The van der Waals surface area contributed by atoms with Crippen molar-refractivity contribution in [2.24, 2.45) is 0 Å². The molecule has 1 unspecified atom stereocenters. The molecule has 0 aliphatic carbocycles. The van der Waals surface area contributed by atoms with Crippen molar-refractivity contribution in [2.45, 2.75) is 25.8 Å². The first-order chi connectivity index (χ1) is 7.69. The fourth-order valence-electron chi connectivity index (χ4n) is 1.58. The van der Waals surface area contributed by atoms with Gasteiger partial charge < -0.3 is 5.32 Å². The summed E-state index contributed by atoms with van der Waals surface area (Å²) in [5.41, 5.74) is 1.31. The van der Waals surface area contributed by atoms with Crippen LogP contribution in [0.5, 0.6) is 0 Å². The van der Waals surface area contributed by atoms with E-state index in [1.54, 1.807) is 0 Å². The standard InChI is InChI=1S/C13H15BrIN/c1-3-4-5-6-13(16-2)11-9-10(15)7-8-12(11)14/h7-9,13,16H,5-6H2,1-2H3. The summed E-state index contributed by atoms with van der Waals surface area (Å²) in [5.74, 6) is 6.04. The van der Waals surface area contributed by atoms with Crippen LogP contribution in [0.1, 0.15) is 31.4 Å². The Morgan fingerprint density at radius 3 is 2.88 bits per heavy atom. The van der Waals surface area contributed by atoms with Gasteiger partial charge in [0.1, 0.15) is 0 Å². The molecule has 0 aliphatic heterocycles. The third-order valence-electron chi connectivity index (χ3n) is 2.42. The van der Waals surface area contributed by atoms with E-state index in [9.17, 15) is 0 Å². The van der Waals surface area contributed by atoms with Gasteiger partial charge >= 0.3 is 0 Å². The van der Waals surface area contributed by atoms with Crippen LogP contribution in [-0.4, -0.2) is 7.05 Å². The van der Waals surface area contributed by atoms with Crippen LogP contribution in [-0.2, 0) is 0 Å².